The molecule has 2 aromatic carbocycles. The molecule has 0 atom stereocenters. The standard InChI is InChI=1S/C25H21ClF3N3O2/c26-18-8-5-16(6-9-18)23(33)20-3-1-2-4-21(20)24(34)31-19-11-13-32(14-12-19)22-10-7-17(15-30-22)25(27,28)29/h1-10,15,19H,11-14H2,(H,31,34). The lowest BCUT2D eigenvalue weighted by molar-refractivity contribution is -0.137. The van der Waals surface area contributed by atoms with Gasteiger partial charge in [0.2, 0.25) is 0 Å². The van der Waals surface area contributed by atoms with E-state index in [1.54, 1.807) is 48.5 Å². The summed E-state index contributed by atoms with van der Waals surface area (Å²) in [4.78, 5) is 31.8. The smallest absolute Gasteiger partial charge is 0.356 e. The van der Waals surface area contributed by atoms with E-state index in [9.17, 15) is 22.8 Å². The number of rotatable bonds is 5. The van der Waals surface area contributed by atoms with Crippen molar-refractivity contribution in [2.45, 2.75) is 25.1 Å². The van der Waals surface area contributed by atoms with Gasteiger partial charge < -0.3 is 10.2 Å². The van der Waals surface area contributed by atoms with Gasteiger partial charge in [0.15, 0.2) is 5.78 Å². The van der Waals surface area contributed by atoms with E-state index < -0.39 is 11.7 Å². The van der Waals surface area contributed by atoms with Crippen LogP contribution in [0.4, 0.5) is 19.0 Å². The second kappa shape index (κ2) is 9.85. The highest BCUT2D eigenvalue weighted by atomic mass is 35.5. The number of halogens is 4. The van der Waals surface area contributed by atoms with Crippen molar-refractivity contribution in [2.75, 3.05) is 18.0 Å². The molecule has 0 bridgehead atoms. The zero-order valence-corrected chi connectivity index (χ0v) is 18.7. The van der Waals surface area contributed by atoms with Crippen LogP contribution >= 0.6 is 11.6 Å². The number of benzene rings is 2. The third kappa shape index (κ3) is 5.39. The lowest BCUT2D eigenvalue weighted by Gasteiger charge is -2.33. The van der Waals surface area contributed by atoms with E-state index in [4.69, 9.17) is 11.6 Å². The highest BCUT2D eigenvalue weighted by Gasteiger charge is 2.31. The van der Waals surface area contributed by atoms with Gasteiger partial charge >= 0.3 is 6.18 Å². The minimum atomic E-state index is -4.42. The van der Waals surface area contributed by atoms with Crippen molar-refractivity contribution in [2.24, 2.45) is 0 Å². The second-order valence-corrected chi connectivity index (χ2v) is 8.46. The van der Waals surface area contributed by atoms with Gasteiger partial charge in [-0.2, -0.15) is 13.2 Å². The third-order valence-corrected chi connectivity index (χ3v) is 6.00. The average molecular weight is 488 g/mol. The lowest BCUT2D eigenvalue weighted by atomic mass is 9.97. The van der Waals surface area contributed by atoms with Gasteiger partial charge in [0, 0.05) is 41.5 Å². The molecule has 0 spiro atoms. The van der Waals surface area contributed by atoms with Crippen LogP contribution in [0.2, 0.25) is 5.02 Å². The molecule has 2 heterocycles. The Bertz CT molecular complexity index is 1170. The Morgan fingerprint density at radius 2 is 1.59 bits per heavy atom. The predicted molar refractivity (Wildman–Crippen MR) is 123 cm³/mol. The molecule has 4 rings (SSSR count). The predicted octanol–water partition coefficient (Wildman–Crippen LogP) is 5.38. The number of nitrogens with zero attached hydrogens (tertiary/aromatic N) is 2. The molecule has 1 aliphatic heterocycles. The molecule has 5 nitrogen and oxygen atoms in total. The lowest BCUT2D eigenvalue weighted by Crippen LogP contribution is -2.45. The van der Waals surface area contributed by atoms with E-state index in [-0.39, 0.29) is 23.3 Å². The molecule has 0 radical (unpaired) electrons. The SMILES string of the molecule is O=C(NC1CCN(c2ccc(C(F)(F)F)cn2)CC1)c1ccccc1C(=O)c1ccc(Cl)cc1. The van der Waals surface area contributed by atoms with Crippen LogP contribution in [-0.4, -0.2) is 35.8 Å². The highest BCUT2D eigenvalue weighted by molar-refractivity contribution is 6.30. The molecule has 3 aromatic rings. The second-order valence-electron chi connectivity index (χ2n) is 8.02. The summed E-state index contributed by atoms with van der Waals surface area (Å²) in [6, 6.07) is 15.4. The summed E-state index contributed by atoms with van der Waals surface area (Å²) in [5, 5.41) is 3.50. The molecule has 34 heavy (non-hydrogen) atoms. The maximum absolute atomic E-state index is 13.0. The van der Waals surface area contributed by atoms with Gasteiger partial charge in [-0.3, -0.25) is 9.59 Å². The zero-order valence-electron chi connectivity index (χ0n) is 18.0. The van der Waals surface area contributed by atoms with Gasteiger partial charge in [0.25, 0.3) is 5.91 Å². The van der Waals surface area contributed by atoms with Gasteiger partial charge in [0.05, 0.1) is 11.1 Å². The number of hydrogen-bond acceptors (Lipinski definition) is 4. The molecule has 9 heteroatoms. The molecule has 1 amide bonds. The Labute approximate surface area is 199 Å². The van der Waals surface area contributed by atoms with Gasteiger partial charge in [-0.15, -0.1) is 0 Å². The normalized spacial score (nSPS) is 14.6. The van der Waals surface area contributed by atoms with Crippen LogP contribution < -0.4 is 10.2 Å². The third-order valence-electron chi connectivity index (χ3n) is 5.75. The maximum Gasteiger partial charge on any atom is 0.417 e. The zero-order chi connectivity index (χ0) is 24.3. The number of amides is 1. The average Bonchev–Trinajstić information content (AvgIpc) is 2.84. The number of nitrogens with one attached hydrogen (secondary N) is 1. The van der Waals surface area contributed by atoms with Crippen LogP contribution in [0.15, 0.2) is 66.9 Å². The number of carbonyl (C=O) groups excluding carboxylic acids is 2. The van der Waals surface area contributed by atoms with E-state index in [0.717, 1.165) is 12.3 Å². The number of anilines is 1. The number of pyridine rings is 1. The first-order chi connectivity index (χ1) is 16.2. The summed E-state index contributed by atoms with van der Waals surface area (Å²) >= 11 is 5.90. The Balaban J connectivity index is 1.39. The highest BCUT2D eigenvalue weighted by Crippen LogP contribution is 2.30. The Kier molecular flexibility index (Phi) is 6.88. The Morgan fingerprint density at radius 1 is 0.941 bits per heavy atom. The largest absolute Gasteiger partial charge is 0.417 e. The quantitative estimate of drug-likeness (QED) is 0.491. The van der Waals surface area contributed by atoms with Crippen LogP contribution in [0.25, 0.3) is 0 Å². The van der Waals surface area contributed by atoms with Gasteiger partial charge in [-0.1, -0.05) is 29.8 Å². The van der Waals surface area contributed by atoms with Crippen molar-refractivity contribution in [1.29, 1.82) is 0 Å². The summed E-state index contributed by atoms with van der Waals surface area (Å²) < 4.78 is 38.2. The van der Waals surface area contributed by atoms with Gasteiger partial charge in [-0.25, -0.2) is 4.98 Å². The van der Waals surface area contributed by atoms with Crippen molar-refractivity contribution in [3.8, 4) is 0 Å². The minimum absolute atomic E-state index is 0.128. The molecule has 1 aliphatic rings. The molecular weight excluding hydrogens is 467 g/mol. The number of aromatic nitrogens is 1. The summed E-state index contributed by atoms with van der Waals surface area (Å²) in [6.45, 7) is 1.07. The van der Waals surface area contributed by atoms with Crippen molar-refractivity contribution < 1.29 is 22.8 Å². The topological polar surface area (TPSA) is 62.3 Å². The Morgan fingerprint density at radius 3 is 2.18 bits per heavy atom. The Hall–Kier alpha value is -3.39. The molecule has 0 saturated carbocycles. The molecule has 176 valence electrons. The number of alkyl halides is 3. The van der Waals surface area contributed by atoms with Crippen molar-refractivity contribution in [3.05, 3.63) is 94.1 Å². The molecule has 1 N–H and O–H groups in total. The number of piperidine rings is 1. The summed E-state index contributed by atoms with van der Waals surface area (Å²) in [5.74, 6) is -0.147. The van der Waals surface area contributed by atoms with Crippen molar-refractivity contribution in [1.82, 2.24) is 10.3 Å². The van der Waals surface area contributed by atoms with Gasteiger partial charge in [-0.05, 0) is 55.3 Å². The van der Waals surface area contributed by atoms with Crippen LogP contribution in [0, 0.1) is 0 Å². The van der Waals surface area contributed by atoms with Gasteiger partial charge in [0.1, 0.15) is 5.82 Å². The first-order valence-corrected chi connectivity index (χ1v) is 11.1. The summed E-state index contributed by atoms with van der Waals surface area (Å²) in [5.41, 5.74) is 0.232. The first kappa shape index (κ1) is 23.8. The van der Waals surface area contributed by atoms with Crippen LogP contribution in [0.5, 0.6) is 0 Å². The molecule has 0 aliphatic carbocycles. The fourth-order valence-corrected chi connectivity index (χ4v) is 4.02. The van der Waals surface area contributed by atoms with E-state index in [2.05, 4.69) is 10.3 Å². The van der Waals surface area contributed by atoms with E-state index in [1.165, 1.54) is 6.07 Å². The molecule has 1 aromatic heterocycles. The van der Waals surface area contributed by atoms with Crippen LogP contribution in [0.3, 0.4) is 0 Å². The van der Waals surface area contributed by atoms with Crippen molar-refractivity contribution in [3.63, 3.8) is 0 Å². The number of ketones is 1. The fourth-order valence-electron chi connectivity index (χ4n) is 3.89. The summed E-state index contributed by atoms with van der Waals surface area (Å²) in [7, 11) is 0. The summed E-state index contributed by atoms with van der Waals surface area (Å²) in [6.07, 6.45) is -2.39. The van der Waals surface area contributed by atoms with E-state index in [0.29, 0.717) is 47.9 Å². The van der Waals surface area contributed by atoms with Crippen molar-refractivity contribution >= 4 is 29.1 Å². The van der Waals surface area contributed by atoms with Crippen LogP contribution in [0.1, 0.15) is 44.7 Å². The molecule has 0 unspecified atom stereocenters. The van der Waals surface area contributed by atoms with E-state index in [1.807, 2.05) is 4.90 Å². The molecule has 1 fully saturated rings. The minimum Gasteiger partial charge on any atom is -0.356 e. The monoisotopic (exact) mass is 487 g/mol. The maximum atomic E-state index is 13.0. The first-order valence-electron chi connectivity index (χ1n) is 10.7. The van der Waals surface area contributed by atoms with Crippen LogP contribution in [-0.2, 0) is 6.18 Å². The molecule has 1 saturated heterocycles. The fraction of sp³-hybridized carbons (Fsp3) is 0.240. The number of hydrogen-bond donors (Lipinski definition) is 1. The van der Waals surface area contributed by atoms with E-state index >= 15 is 0 Å². The number of carbonyl (C=O) groups is 2. The molecular formula is C25H21ClF3N3O2.